The number of nitrogens with zero attached hydrogens (tertiary/aromatic N) is 2. The van der Waals surface area contributed by atoms with Gasteiger partial charge in [0.25, 0.3) is 5.91 Å². The molecule has 3 amide bonds. The number of anilines is 1. The van der Waals surface area contributed by atoms with Crippen LogP contribution in [0.5, 0.6) is 0 Å². The first-order valence-corrected chi connectivity index (χ1v) is 17.8. The number of rotatable bonds is 17. The number of aliphatic hydroxyl groups is 1. The molecule has 0 aromatic heterocycles. The van der Waals surface area contributed by atoms with E-state index in [0.717, 1.165) is 16.8 Å². The van der Waals surface area contributed by atoms with E-state index in [9.17, 15) is 24.3 Å². The number of aryl methyl sites for hydroxylation is 2. The Morgan fingerprint density at radius 1 is 1.08 bits per heavy atom. The van der Waals surface area contributed by atoms with E-state index >= 15 is 0 Å². The Morgan fingerprint density at radius 2 is 1.80 bits per heavy atom. The highest BCUT2D eigenvalue weighted by atomic mass is 16.6. The summed E-state index contributed by atoms with van der Waals surface area (Å²) in [4.78, 5) is 59.8. The number of unbranched alkanes of at least 4 members (excludes halogenated alkanes) is 2. The van der Waals surface area contributed by atoms with E-state index < -0.39 is 47.7 Å². The zero-order valence-electron chi connectivity index (χ0n) is 29.5. The second kappa shape index (κ2) is 16.2. The number of esters is 1. The van der Waals surface area contributed by atoms with Crippen molar-refractivity contribution in [1.82, 2.24) is 10.2 Å². The van der Waals surface area contributed by atoms with Gasteiger partial charge in [0.15, 0.2) is 0 Å². The number of ether oxygens (including phenoxy) is 2. The Morgan fingerprint density at radius 3 is 2.46 bits per heavy atom. The van der Waals surface area contributed by atoms with Crippen molar-refractivity contribution < 1.29 is 33.8 Å². The molecule has 10 heteroatoms. The zero-order chi connectivity index (χ0) is 36.0. The van der Waals surface area contributed by atoms with Gasteiger partial charge in [-0.3, -0.25) is 19.2 Å². The fraction of sp³-hybridized carbons (Fsp3) is 0.500. The first kappa shape index (κ1) is 37.0. The third-order valence-electron chi connectivity index (χ3n) is 10.4. The number of likely N-dealkylation sites (tertiary alicyclic amines) is 1. The Labute approximate surface area is 295 Å². The van der Waals surface area contributed by atoms with Crippen molar-refractivity contribution >= 4 is 29.4 Å². The summed E-state index contributed by atoms with van der Waals surface area (Å²) in [5.74, 6) is -3.16. The molecule has 3 saturated heterocycles. The zero-order valence-corrected chi connectivity index (χ0v) is 29.5. The van der Waals surface area contributed by atoms with Crippen LogP contribution in [0.3, 0.4) is 0 Å². The number of hydrogen-bond donors (Lipinski definition) is 2. The molecule has 3 fully saturated rings. The lowest BCUT2D eigenvalue weighted by atomic mass is 9.70. The predicted octanol–water partition coefficient (Wildman–Crippen LogP) is 5.12. The van der Waals surface area contributed by atoms with Crippen molar-refractivity contribution in [3.05, 3.63) is 90.5 Å². The van der Waals surface area contributed by atoms with Gasteiger partial charge in [-0.2, -0.15) is 0 Å². The Kier molecular flexibility index (Phi) is 12.0. The van der Waals surface area contributed by atoms with Gasteiger partial charge in [0, 0.05) is 31.8 Å². The highest BCUT2D eigenvalue weighted by molar-refractivity contribution is 6.05. The molecule has 2 aromatic rings. The number of hydrogen-bond acceptors (Lipinski definition) is 7. The summed E-state index contributed by atoms with van der Waals surface area (Å²) in [6.45, 7) is 13.9. The summed E-state index contributed by atoms with van der Waals surface area (Å²) in [6, 6.07) is 13.6. The number of aliphatic hydroxyl groups excluding tert-OH is 1. The second-order valence-electron chi connectivity index (χ2n) is 13.8. The van der Waals surface area contributed by atoms with Crippen molar-refractivity contribution in [1.29, 1.82) is 0 Å². The van der Waals surface area contributed by atoms with E-state index in [4.69, 9.17) is 9.47 Å². The maximum atomic E-state index is 14.9. The average molecular weight is 686 g/mol. The average Bonchev–Trinajstić information content (AvgIpc) is 3.75. The highest BCUT2D eigenvalue weighted by Gasteiger charge is 2.75. The summed E-state index contributed by atoms with van der Waals surface area (Å²) < 4.78 is 13.0. The fourth-order valence-corrected chi connectivity index (χ4v) is 8.25. The van der Waals surface area contributed by atoms with Crippen LogP contribution in [0.15, 0.2) is 73.8 Å². The standard InChI is InChI=1S/C40H51N3O7/c1-6-8-20-31(45)41-28(5)35(29-18-11-9-12-19-29)49-39(48)32-30-21-22-40(50-30)33(32)37(46)43(24-13-10-14-25-44)36(40)38(47)42(23-7-2)34-26(3)16-15-17-27(34)4/h6-7,9,11-12,15-19,28,30,32-33,35-36,44H,1-2,8,10,13-14,20-25H2,3-5H3,(H,41,45)/t28-,30+,32-,33-,35-,36+,40-/m0/s1. The maximum absolute atomic E-state index is 14.9. The van der Waals surface area contributed by atoms with Crippen molar-refractivity contribution in [2.75, 3.05) is 24.6 Å². The van der Waals surface area contributed by atoms with Gasteiger partial charge in [-0.1, -0.05) is 60.7 Å². The number of para-hydroxylation sites is 1. The highest BCUT2D eigenvalue weighted by Crippen LogP contribution is 2.59. The second-order valence-corrected chi connectivity index (χ2v) is 13.8. The number of nitrogens with one attached hydrogen (secondary N) is 1. The van der Waals surface area contributed by atoms with Gasteiger partial charge in [0.2, 0.25) is 11.8 Å². The third kappa shape index (κ3) is 7.14. The smallest absolute Gasteiger partial charge is 0.313 e. The van der Waals surface area contributed by atoms with Gasteiger partial charge in [-0.05, 0) is 76.0 Å². The molecule has 50 heavy (non-hydrogen) atoms. The first-order chi connectivity index (χ1) is 24.1. The molecule has 2 bridgehead atoms. The molecular weight excluding hydrogens is 634 g/mol. The summed E-state index contributed by atoms with van der Waals surface area (Å²) in [5.41, 5.74) is 2.11. The molecule has 268 valence electrons. The van der Waals surface area contributed by atoms with Gasteiger partial charge in [-0.25, -0.2) is 0 Å². The van der Waals surface area contributed by atoms with E-state index in [1.807, 2.05) is 62.4 Å². The largest absolute Gasteiger partial charge is 0.455 e. The fourth-order valence-electron chi connectivity index (χ4n) is 8.25. The Bertz CT molecular complexity index is 1560. The quantitative estimate of drug-likeness (QED) is 0.135. The molecule has 2 aromatic carbocycles. The van der Waals surface area contributed by atoms with Gasteiger partial charge < -0.3 is 29.7 Å². The molecule has 7 atom stereocenters. The molecular formula is C40H51N3O7. The SMILES string of the molecule is C=CCCC(=O)N[C@@H](C)[C@H](OC(=O)[C@@H]1[C@H]2C(=O)N(CCCCCO)[C@H](C(=O)N(CC=C)c3c(C)cccc3C)[C@]23CC[C@H]1O3)c1ccccc1. The van der Waals surface area contributed by atoms with E-state index in [0.29, 0.717) is 50.6 Å². The van der Waals surface area contributed by atoms with E-state index in [-0.39, 0.29) is 37.3 Å². The lowest BCUT2D eigenvalue weighted by Gasteiger charge is -2.37. The van der Waals surface area contributed by atoms with Crippen molar-refractivity contribution in [3.8, 4) is 0 Å². The Hall–Kier alpha value is -4.28. The summed E-state index contributed by atoms with van der Waals surface area (Å²) in [5, 5.41) is 12.4. The van der Waals surface area contributed by atoms with Crippen molar-refractivity contribution in [2.45, 2.75) is 95.6 Å². The van der Waals surface area contributed by atoms with Crippen LogP contribution in [0.2, 0.25) is 0 Å². The summed E-state index contributed by atoms with van der Waals surface area (Å²) in [7, 11) is 0. The minimum atomic E-state index is -1.21. The lowest BCUT2D eigenvalue weighted by molar-refractivity contribution is -0.162. The minimum absolute atomic E-state index is 0.0387. The molecule has 0 unspecified atom stereocenters. The predicted molar refractivity (Wildman–Crippen MR) is 191 cm³/mol. The summed E-state index contributed by atoms with van der Waals surface area (Å²) >= 11 is 0. The third-order valence-corrected chi connectivity index (χ3v) is 10.4. The summed E-state index contributed by atoms with van der Waals surface area (Å²) in [6.07, 6.45) is 5.52. The van der Waals surface area contributed by atoms with Gasteiger partial charge in [0.1, 0.15) is 17.7 Å². The monoisotopic (exact) mass is 685 g/mol. The molecule has 0 aliphatic carbocycles. The molecule has 3 heterocycles. The molecule has 3 aliphatic heterocycles. The van der Waals surface area contributed by atoms with Crippen molar-refractivity contribution in [3.63, 3.8) is 0 Å². The maximum Gasteiger partial charge on any atom is 0.313 e. The van der Waals surface area contributed by atoms with Gasteiger partial charge in [0.05, 0.1) is 24.0 Å². The lowest BCUT2D eigenvalue weighted by Crippen LogP contribution is -2.56. The minimum Gasteiger partial charge on any atom is -0.455 e. The van der Waals surface area contributed by atoms with E-state index in [1.165, 1.54) is 0 Å². The number of allylic oxidation sites excluding steroid dienone is 1. The molecule has 0 saturated carbocycles. The molecule has 2 N–H and O–H groups in total. The molecule has 3 aliphatic rings. The number of benzene rings is 2. The molecule has 5 rings (SSSR count). The van der Waals surface area contributed by atoms with E-state index in [1.54, 1.807) is 28.9 Å². The number of fused-ring (bicyclic) bond motifs is 1. The number of carbonyl (C=O) groups excluding carboxylic acids is 4. The molecule has 10 nitrogen and oxygen atoms in total. The van der Waals surface area contributed by atoms with Gasteiger partial charge >= 0.3 is 5.97 Å². The van der Waals surface area contributed by atoms with Crippen LogP contribution >= 0.6 is 0 Å². The van der Waals surface area contributed by atoms with Crippen molar-refractivity contribution in [2.24, 2.45) is 11.8 Å². The molecule has 1 spiro atoms. The van der Waals surface area contributed by atoms with Crippen LogP contribution in [0.1, 0.15) is 74.7 Å². The first-order valence-electron chi connectivity index (χ1n) is 17.8. The normalized spacial score (nSPS) is 24.7. The van der Waals surface area contributed by atoms with Crippen LogP contribution in [0.4, 0.5) is 5.69 Å². The van der Waals surface area contributed by atoms with Crippen LogP contribution in [-0.4, -0.2) is 77.2 Å². The van der Waals surface area contributed by atoms with Gasteiger partial charge in [-0.15, -0.1) is 13.2 Å². The molecule has 0 radical (unpaired) electrons. The van der Waals surface area contributed by atoms with Crippen LogP contribution in [-0.2, 0) is 28.7 Å². The number of amides is 3. The van der Waals surface area contributed by atoms with Crippen LogP contribution < -0.4 is 10.2 Å². The van der Waals surface area contributed by atoms with Crippen LogP contribution in [0.25, 0.3) is 0 Å². The Balaban J connectivity index is 1.49. The van der Waals surface area contributed by atoms with Crippen LogP contribution in [0, 0.1) is 25.7 Å². The van der Waals surface area contributed by atoms with E-state index in [2.05, 4.69) is 18.5 Å². The topological polar surface area (TPSA) is 125 Å². The number of carbonyl (C=O) groups is 4.